The minimum absolute atomic E-state index is 0.224. The van der Waals surface area contributed by atoms with Crippen LogP contribution >= 0.6 is 11.6 Å². The summed E-state index contributed by atoms with van der Waals surface area (Å²) in [6.07, 6.45) is 0. The van der Waals surface area contributed by atoms with E-state index < -0.39 is 17.8 Å². The van der Waals surface area contributed by atoms with Crippen LogP contribution in [-0.2, 0) is 9.59 Å². The average molecular weight is 222 g/mol. The number of primary amides is 1. The lowest BCUT2D eigenvalue weighted by Gasteiger charge is -2.18. The number of alkyl halides is 1. The first-order valence-corrected chi connectivity index (χ1v) is 4.47. The SMILES string of the molecule is CCN(CC(N)=O)C(=O)NC(=O)CCl. The van der Waals surface area contributed by atoms with E-state index in [0.717, 1.165) is 4.90 Å². The van der Waals surface area contributed by atoms with Crippen LogP contribution < -0.4 is 11.1 Å². The van der Waals surface area contributed by atoms with Crippen LogP contribution in [0.15, 0.2) is 0 Å². The van der Waals surface area contributed by atoms with E-state index in [9.17, 15) is 14.4 Å². The Bertz CT molecular complexity index is 244. The summed E-state index contributed by atoms with van der Waals surface area (Å²) in [4.78, 5) is 33.6. The molecule has 7 heteroatoms. The maximum atomic E-state index is 11.2. The fourth-order valence-electron chi connectivity index (χ4n) is 0.747. The highest BCUT2D eigenvalue weighted by atomic mass is 35.5. The second kappa shape index (κ2) is 6.20. The Kier molecular flexibility index (Phi) is 5.62. The average Bonchev–Trinajstić information content (AvgIpc) is 2.13. The van der Waals surface area contributed by atoms with Crippen LogP contribution in [0.4, 0.5) is 4.79 Å². The minimum Gasteiger partial charge on any atom is -0.368 e. The molecule has 0 saturated carbocycles. The molecule has 0 rings (SSSR count). The second-order valence-corrected chi connectivity index (χ2v) is 2.73. The predicted octanol–water partition coefficient (Wildman–Crippen LogP) is -0.731. The predicted molar refractivity (Wildman–Crippen MR) is 50.7 cm³/mol. The van der Waals surface area contributed by atoms with Crippen LogP contribution in [0.3, 0.4) is 0 Å². The molecule has 0 aliphatic rings. The number of hydrogen-bond donors (Lipinski definition) is 2. The monoisotopic (exact) mass is 221 g/mol. The molecule has 0 radical (unpaired) electrons. The number of nitrogens with two attached hydrogens (primary N) is 1. The Morgan fingerprint density at radius 2 is 2.00 bits per heavy atom. The van der Waals surface area contributed by atoms with Crippen LogP contribution in [0.2, 0.25) is 0 Å². The zero-order valence-electron chi connectivity index (χ0n) is 7.75. The summed E-state index contributed by atoms with van der Waals surface area (Å²) >= 11 is 5.18. The maximum absolute atomic E-state index is 11.2. The molecule has 0 fully saturated rings. The number of hydrogen-bond acceptors (Lipinski definition) is 3. The van der Waals surface area contributed by atoms with Crippen molar-refractivity contribution in [1.82, 2.24) is 10.2 Å². The summed E-state index contributed by atoms with van der Waals surface area (Å²) in [5.41, 5.74) is 4.90. The van der Waals surface area contributed by atoms with E-state index >= 15 is 0 Å². The molecule has 0 saturated heterocycles. The quantitative estimate of drug-likeness (QED) is 0.613. The zero-order chi connectivity index (χ0) is 11.1. The second-order valence-electron chi connectivity index (χ2n) is 2.47. The molecule has 0 spiro atoms. The molecule has 80 valence electrons. The third-order valence-electron chi connectivity index (χ3n) is 1.38. The highest BCUT2D eigenvalue weighted by Crippen LogP contribution is 1.88. The molecule has 3 N–H and O–H groups in total. The number of amides is 4. The van der Waals surface area contributed by atoms with Gasteiger partial charge in [-0.05, 0) is 6.92 Å². The van der Waals surface area contributed by atoms with Gasteiger partial charge < -0.3 is 10.6 Å². The van der Waals surface area contributed by atoms with Crippen molar-refractivity contribution in [3.63, 3.8) is 0 Å². The van der Waals surface area contributed by atoms with Crippen molar-refractivity contribution in [3.8, 4) is 0 Å². The molecule has 0 aromatic heterocycles. The summed E-state index contributed by atoms with van der Waals surface area (Å²) in [5, 5.41) is 1.99. The molecule has 14 heavy (non-hydrogen) atoms. The van der Waals surface area contributed by atoms with Gasteiger partial charge in [0.2, 0.25) is 11.8 Å². The number of imide groups is 1. The summed E-state index contributed by atoms with van der Waals surface area (Å²) in [5.74, 6) is -1.56. The number of carbonyl (C=O) groups excluding carboxylic acids is 3. The Morgan fingerprint density at radius 1 is 1.43 bits per heavy atom. The van der Waals surface area contributed by atoms with Gasteiger partial charge in [0.25, 0.3) is 0 Å². The number of nitrogens with zero attached hydrogens (tertiary/aromatic N) is 1. The Labute approximate surface area is 86.4 Å². The molecule has 0 aromatic rings. The number of carbonyl (C=O) groups is 3. The highest BCUT2D eigenvalue weighted by molar-refractivity contribution is 6.28. The fraction of sp³-hybridized carbons (Fsp3) is 0.571. The lowest BCUT2D eigenvalue weighted by molar-refractivity contribution is -0.120. The number of nitrogens with one attached hydrogen (secondary N) is 1. The lowest BCUT2D eigenvalue weighted by Crippen LogP contribution is -2.46. The van der Waals surface area contributed by atoms with Gasteiger partial charge in [0.1, 0.15) is 12.4 Å². The number of urea groups is 1. The first-order chi connectivity index (χ1) is 6.51. The minimum atomic E-state index is -0.669. The van der Waals surface area contributed by atoms with E-state index in [1.807, 2.05) is 5.32 Å². The Balaban J connectivity index is 4.17. The normalized spacial score (nSPS) is 9.29. The number of likely N-dealkylation sites (N-methyl/N-ethyl adjacent to an activating group) is 1. The summed E-state index contributed by atoms with van der Waals surface area (Å²) in [7, 11) is 0. The van der Waals surface area contributed by atoms with Crippen LogP contribution in [-0.4, -0.2) is 41.7 Å². The van der Waals surface area contributed by atoms with Crippen molar-refractivity contribution in [3.05, 3.63) is 0 Å². The van der Waals surface area contributed by atoms with Crippen molar-refractivity contribution >= 4 is 29.4 Å². The Morgan fingerprint density at radius 3 is 2.36 bits per heavy atom. The lowest BCUT2D eigenvalue weighted by atomic mass is 10.5. The third-order valence-corrected chi connectivity index (χ3v) is 1.63. The molecule has 0 unspecified atom stereocenters. The fourth-order valence-corrected chi connectivity index (χ4v) is 0.814. The molecule has 0 atom stereocenters. The van der Waals surface area contributed by atoms with Crippen LogP contribution in [0, 0.1) is 0 Å². The summed E-state index contributed by atoms with van der Waals surface area (Å²) in [6, 6.07) is -0.669. The van der Waals surface area contributed by atoms with Gasteiger partial charge in [-0.3, -0.25) is 14.9 Å². The van der Waals surface area contributed by atoms with Gasteiger partial charge in [-0.2, -0.15) is 0 Å². The maximum Gasteiger partial charge on any atom is 0.324 e. The van der Waals surface area contributed by atoms with Gasteiger partial charge in [-0.1, -0.05) is 0 Å². The first-order valence-electron chi connectivity index (χ1n) is 3.94. The topological polar surface area (TPSA) is 92.5 Å². The van der Waals surface area contributed by atoms with Gasteiger partial charge in [0.05, 0.1) is 0 Å². The van der Waals surface area contributed by atoms with Crippen molar-refractivity contribution < 1.29 is 14.4 Å². The molecule has 0 aromatic carbocycles. The van der Waals surface area contributed by atoms with Crippen LogP contribution in [0.5, 0.6) is 0 Å². The van der Waals surface area contributed by atoms with Crippen molar-refractivity contribution in [1.29, 1.82) is 0 Å². The summed E-state index contributed by atoms with van der Waals surface area (Å²) in [6.45, 7) is 1.72. The molecule has 6 nitrogen and oxygen atoms in total. The van der Waals surface area contributed by atoms with Crippen LogP contribution in [0.1, 0.15) is 6.92 Å². The molecule has 0 aliphatic carbocycles. The summed E-state index contributed by atoms with van der Waals surface area (Å²) < 4.78 is 0. The number of halogens is 1. The zero-order valence-corrected chi connectivity index (χ0v) is 8.50. The first kappa shape index (κ1) is 12.7. The molecular weight excluding hydrogens is 210 g/mol. The van der Waals surface area contributed by atoms with E-state index in [1.54, 1.807) is 6.92 Å². The standard InChI is InChI=1S/C7H12ClN3O3/c1-2-11(4-5(9)12)7(14)10-6(13)3-8/h2-4H2,1H3,(H2,9,12)(H,10,13,14). The van der Waals surface area contributed by atoms with Gasteiger partial charge in [0.15, 0.2) is 0 Å². The van der Waals surface area contributed by atoms with Crippen molar-refractivity contribution in [2.45, 2.75) is 6.92 Å². The van der Waals surface area contributed by atoms with Gasteiger partial charge >= 0.3 is 6.03 Å². The van der Waals surface area contributed by atoms with Gasteiger partial charge in [0, 0.05) is 6.54 Å². The highest BCUT2D eigenvalue weighted by Gasteiger charge is 2.15. The van der Waals surface area contributed by atoms with E-state index in [2.05, 4.69) is 0 Å². The Hall–Kier alpha value is -1.30. The van der Waals surface area contributed by atoms with Gasteiger partial charge in [-0.25, -0.2) is 4.79 Å². The molecule has 0 aliphatic heterocycles. The van der Waals surface area contributed by atoms with Crippen molar-refractivity contribution in [2.75, 3.05) is 19.0 Å². The van der Waals surface area contributed by atoms with E-state index in [1.165, 1.54) is 0 Å². The molecular formula is C7H12ClN3O3. The number of rotatable bonds is 4. The largest absolute Gasteiger partial charge is 0.368 e. The van der Waals surface area contributed by atoms with Crippen LogP contribution in [0.25, 0.3) is 0 Å². The van der Waals surface area contributed by atoms with E-state index in [0.29, 0.717) is 0 Å². The van der Waals surface area contributed by atoms with E-state index in [4.69, 9.17) is 17.3 Å². The molecule has 4 amide bonds. The molecule has 0 bridgehead atoms. The van der Waals surface area contributed by atoms with Crippen molar-refractivity contribution in [2.24, 2.45) is 5.73 Å². The van der Waals surface area contributed by atoms with Gasteiger partial charge in [-0.15, -0.1) is 11.6 Å². The smallest absolute Gasteiger partial charge is 0.324 e. The molecule has 0 heterocycles. The van der Waals surface area contributed by atoms with E-state index in [-0.39, 0.29) is 19.0 Å². The third kappa shape index (κ3) is 4.66.